The number of benzene rings is 1. The predicted octanol–water partition coefficient (Wildman–Crippen LogP) is 0.556. The molecule has 1 fully saturated rings. The zero-order valence-electron chi connectivity index (χ0n) is 16.5. The molecule has 10 nitrogen and oxygen atoms in total. The topological polar surface area (TPSA) is 121 Å². The molecule has 0 aliphatic carbocycles. The smallest absolute Gasteiger partial charge is 0.442 e. The van der Waals surface area contributed by atoms with E-state index in [1.807, 2.05) is 0 Å². The van der Waals surface area contributed by atoms with E-state index in [1.165, 1.54) is 19.1 Å². The fourth-order valence-corrected chi connectivity index (χ4v) is 5.21. The Morgan fingerprint density at radius 1 is 1.31 bits per heavy atom. The van der Waals surface area contributed by atoms with Gasteiger partial charge in [0.05, 0.1) is 25.7 Å². The van der Waals surface area contributed by atoms with Gasteiger partial charge in [0.25, 0.3) is 0 Å². The van der Waals surface area contributed by atoms with Crippen LogP contribution >= 0.6 is 0 Å². The van der Waals surface area contributed by atoms with Crippen LogP contribution in [0.1, 0.15) is 13.3 Å². The van der Waals surface area contributed by atoms with Crippen LogP contribution in [0, 0.1) is 0 Å². The fraction of sp³-hybridized carbons (Fsp3) is 0.500. The van der Waals surface area contributed by atoms with Crippen LogP contribution in [0.3, 0.4) is 0 Å². The van der Waals surface area contributed by atoms with E-state index in [4.69, 9.17) is 14.0 Å². The third-order valence-corrected chi connectivity index (χ3v) is 6.68. The number of hydrogen-bond donors (Lipinski definition) is 0. The summed E-state index contributed by atoms with van der Waals surface area (Å²) in [6.07, 6.45) is 0.392. The maximum absolute atomic E-state index is 12.9. The SMILES string of the molecule is CCN(C(=O)Cn1c(-c2ccc(OC)c(OC)c2)noc1=O)C1CCS(=O)(=O)C1. The van der Waals surface area contributed by atoms with Gasteiger partial charge in [-0.1, -0.05) is 5.16 Å². The Morgan fingerprint density at radius 3 is 2.62 bits per heavy atom. The molecule has 0 N–H and O–H groups in total. The summed E-state index contributed by atoms with van der Waals surface area (Å²) < 4.78 is 39.9. The van der Waals surface area contributed by atoms with Crippen LogP contribution in [0.2, 0.25) is 0 Å². The molecule has 1 saturated heterocycles. The molecule has 11 heteroatoms. The van der Waals surface area contributed by atoms with Crippen molar-refractivity contribution in [1.82, 2.24) is 14.6 Å². The highest BCUT2D eigenvalue weighted by molar-refractivity contribution is 7.91. The molecular formula is C18H23N3O7S. The van der Waals surface area contributed by atoms with Crippen molar-refractivity contribution in [2.45, 2.75) is 25.9 Å². The van der Waals surface area contributed by atoms with Crippen molar-refractivity contribution in [1.29, 1.82) is 0 Å². The molecule has 0 bridgehead atoms. The number of amides is 1. The van der Waals surface area contributed by atoms with Crippen molar-refractivity contribution >= 4 is 15.7 Å². The molecule has 158 valence electrons. The maximum Gasteiger partial charge on any atom is 0.442 e. The van der Waals surface area contributed by atoms with Gasteiger partial charge in [-0.15, -0.1) is 0 Å². The molecule has 1 unspecified atom stereocenters. The number of carbonyl (C=O) groups is 1. The van der Waals surface area contributed by atoms with Crippen LogP contribution in [0.5, 0.6) is 11.5 Å². The second-order valence-corrected chi connectivity index (χ2v) is 8.89. The largest absolute Gasteiger partial charge is 0.493 e. The number of carbonyl (C=O) groups excluding carboxylic acids is 1. The van der Waals surface area contributed by atoms with Crippen LogP contribution < -0.4 is 15.2 Å². The summed E-state index contributed by atoms with van der Waals surface area (Å²) in [7, 11) is -0.152. The number of ether oxygens (including phenoxy) is 2. The number of methoxy groups -OCH3 is 2. The molecular weight excluding hydrogens is 402 g/mol. The quantitative estimate of drug-likeness (QED) is 0.631. The van der Waals surface area contributed by atoms with Gasteiger partial charge in [-0.25, -0.2) is 17.8 Å². The van der Waals surface area contributed by atoms with Crippen LogP contribution in [-0.2, 0) is 21.2 Å². The molecule has 0 saturated carbocycles. The molecule has 29 heavy (non-hydrogen) atoms. The predicted molar refractivity (Wildman–Crippen MR) is 104 cm³/mol. The lowest BCUT2D eigenvalue weighted by Crippen LogP contribution is -2.43. The summed E-state index contributed by atoms with van der Waals surface area (Å²) in [5.74, 6) is -0.0487. The monoisotopic (exact) mass is 425 g/mol. The van der Waals surface area contributed by atoms with Crippen molar-refractivity contribution < 1.29 is 27.2 Å². The summed E-state index contributed by atoms with van der Waals surface area (Å²) >= 11 is 0. The second-order valence-electron chi connectivity index (χ2n) is 6.66. The second kappa shape index (κ2) is 8.27. The normalized spacial score (nSPS) is 17.8. The first-order valence-corrected chi connectivity index (χ1v) is 10.9. The number of rotatable bonds is 7. The highest BCUT2D eigenvalue weighted by Gasteiger charge is 2.34. The summed E-state index contributed by atoms with van der Waals surface area (Å²) in [6, 6.07) is 4.55. The van der Waals surface area contributed by atoms with Crippen molar-refractivity contribution in [3.63, 3.8) is 0 Å². The molecule has 0 spiro atoms. The van der Waals surface area contributed by atoms with E-state index in [-0.39, 0.29) is 29.8 Å². The summed E-state index contributed by atoms with van der Waals surface area (Å²) in [5, 5.41) is 3.79. The zero-order chi connectivity index (χ0) is 21.2. The highest BCUT2D eigenvalue weighted by atomic mass is 32.2. The van der Waals surface area contributed by atoms with Gasteiger partial charge in [0.2, 0.25) is 5.91 Å². The van der Waals surface area contributed by atoms with E-state index >= 15 is 0 Å². The third-order valence-electron chi connectivity index (χ3n) is 4.93. The number of nitrogens with zero attached hydrogens (tertiary/aromatic N) is 3. The summed E-state index contributed by atoms with van der Waals surface area (Å²) in [5.41, 5.74) is 0.507. The van der Waals surface area contributed by atoms with Crippen LogP contribution in [0.15, 0.2) is 27.5 Å². The van der Waals surface area contributed by atoms with E-state index in [9.17, 15) is 18.0 Å². The lowest BCUT2D eigenvalue weighted by atomic mass is 10.2. The third kappa shape index (κ3) is 4.29. The average molecular weight is 425 g/mol. The highest BCUT2D eigenvalue weighted by Crippen LogP contribution is 2.31. The number of sulfone groups is 1. The molecule has 2 aromatic rings. The molecule has 2 heterocycles. The minimum Gasteiger partial charge on any atom is -0.493 e. The van der Waals surface area contributed by atoms with Gasteiger partial charge in [-0.3, -0.25) is 9.32 Å². The Morgan fingerprint density at radius 2 is 2.03 bits per heavy atom. The molecule has 1 aliphatic heterocycles. The van der Waals surface area contributed by atoms with Gasteiger partial charge in [0, 0.05) is 18.2 Å². The first-order chi connectivity index (χ1) is 13.8. The van der Waals surface area contributed by atoms with E-state index < -0.39 is 21.6 Å². The molecule has 3 rings (SSSR count). The zero-order valence-corrected chi connectivity index (χ0v) is 17.3. The van der Waals surface area contributed by atoms with E-state index in [0.29, 0.717) is 30.0 Å². The first kappa shape index (κ1) is 20.9. The summed E-state index contributed by atoms with van der Waals surface area (Å²) in [6.45, 7) is 1.80. The van der Waals surface area contributed by atoms with Crippen molar-refractivity contribution in [2.24, 2.45) is 0 Å². The van der Waals surface area contributed by atoms with E-state index in [0.717, 1.165) is 4.57 Å². The lowest BCUT2D eigenvalue weighted by Gasteiger charge is -2.26. The fourth-order valence-electron chi connectivity index (χ4n) is 3.48. The Bertz CT molecular complexity index is 1060. The van der Waals surface area contributed by atoms with Gasteiger partial charge in [-0.05, 0) is 31.5 Å². The average Bonchev–Trinajstić information content (AvgIpc) is 3.24. The van der Waals surface area contributed by atoms with Crippen LogP contribution in [-0.4, -0.2) is 67.3 Å². The van der Waals surface area contributed by atoms with Crippen LogP contribution in [0.4, 0.5) is 0 Å². The Labute approximate surface area is 167 Å². The molecule has 1 aromatic carbocycles. The van der Waals surface area contributed by atoms with E-state index in [2.05, 4.69) is 5.16 Å². The van der Waals surface area contributed by atoms with Gasteiger partial charge >= 0.3 is 5.76 Å². The first-order valence-electron chi connectivity index (χ1n) is 9.08. The van der Waals surface area contributed by atoms with E-state index in [1.54, 1.807) is 25.1 Å². The number of aromatic nitrogens is 2. The minimum atomic E-state index is -3.14. The van der Waals surface area contributed by atoms with Crippen LogP contribution in [0.25, 0.3) is 11.4 Å². The van der Waals surface area contributed by atoms with Gasteiger partial charge in [0.15, 0.2) is 27.2 Å². The lowest BCUT2D eigenvalue weighted by molar-refractivity contribution is -0.133. The summed E-state index contributed by atoms with van der Waals surface area (Å²) in [4.78, 5) is 26.5. The Kier molecular flexibility index (Phi) is 5.96. The Hall–Kier alpha value is -2.82. The van der Waals surface area contributed by atoms with Crippen molar-refractivity contribution in [3.05, 3.63) is 28.7 Å². The number of likely N-dealkylation sites (N-methyl/N-ethyl adjacent to an activating group) is 1. The van der Waals surface area contributed by atoms with Gasteiger partial charge in [0.1, 0.15) is 6.54 Å². The minimum absolute atomic E-state index is 0.0611. The van der Waals surface area contributed by atoms with Crippen molar-refractivity contribution in [3.8, 4) is 22.9 Å². The van der Waals surface area contributed by atoms with Gasteiger partial charge < -0.3 is 14.4 Å². The van der Waals surface area contributed by atoms with Crippen molar-refractivity contribution in [2.75, 3.05) is 32.3 Å². The Balaban J connectivity index is 1.88. The number of hydrogen-bond acceptors (Lipinski definition) is 8. The van der Waals surface area contributed by atoms with Gasteiger partial charge in [-0.2, -0.15) is 0 Å². The molecule has 1 amide bonds. The molecule has 1 atom stereocenters. The molecule has 1 aliphatic rings. The standard InChI is InChI=1S/C18H23N3O7S/c1-4-20(13-7-8-29(24,25)11-13)16(22)10-21-17(19-28-18(21)23)12-5-6-14(26-2)15(9-12)27-3/h5-6,9,13H,4,7-8,10-11H2,1-3H3. The molecule has 0 radical (unpaired) electrons. The molecule has 1 aromatic heterocycles. The maximum atomic E-state index is 12.9.